The number of aromatic nitrogens is 2. The number of fused-ring (bicyclic) bond motifs is 1. The molecule has 1 N–H and O–H groups in total. The first-order chi connectivity index (χ1) is 8.45. The molecule has 4 nitrogen and oxygen atoms in total. The number of hydrogen-bond donors (Lipinski definition) is 1. The molecule has 1 heterocycles. The van der Waals surface area contributed by atoms with E-state index in [4.69, 9.17) is 5.11 Å². The first-order valence-electron chi connectivity index (χ1n) is 6.16. The van der Waals surface area contributed by atoms with Crippen molar-refractivity contribution in [1.29, 1.82) is 0 Å². The van der Waals surface area contributed by atoms with Gasteiger partial charge < -0.3 is 9.67 Å². The Morgan fingerprint density at radius 2 is 2.17 bits per heavy atom. The summed E-state index contributed by atoms with van der Waals surface area (Å²) in [7, 11) is 0. The Morgan fingerprint density at radius 3 is 2.78 bits per heavy atom. The van der Waals surface area contributed by atoms with Crippen molar-refractivity contribution in [2.45, 2.75) is 39.2 Å². The molecule has 2 aromatic rings. The minimum Gasteiger partial charge on any atom is -0.478 e. The van der Waals surface area contributed by atoms with Crippen molar-refractivity contribution in [3.05, 3.63) is 30.1 Å². The van der Waals surface area contributed by atoms with Gasteiger partial charge in [-0.2, -0.15) is 0 Å². The van der Waals surface area contributed by atoms with E-state index in [1.165, 1.54) is 0 Å². The monoisotopic (exact) mass is 246 g/mol. The maximum Gasteiger partial charge on any atom is 0.335 e. The molecule has 2 rings (SSSR count). The minimum absolute atomic E-state index is 0.00571. The summed E-state index contributed by atoms with van der Waals surface area (Å²) in [5, 5.41) is 8.96. The number of nitrogens with zero attached hydrogens (tertiary/aromatic N) is 2. The number of carbonyl (C=O) groups is 1. The van der Waals surface area contributed by atoms with Crippen LogP contribution in [0.15, 0.2) is 24.5 Å². The molecule has 0 bridgehead atoms. The average molecular weight is 246 g/mol. The number of hydrogen-bond acceptors (Lipinski definition) is 2. The predicted molar refractivity (Wildman–Crippen MR) is 70.9 cm³/mol. The van der Waals surface area contributed by atoms with Crippen molar-refractivity contribution in [1.82, 2.24) is 9.55 Å². The van der Waals surface area contributed by atoms with Gasteiger partial charge in [0.1, 0.15) is 0 Å². The van der Waals surface area contributed by atoms with Crippen molar-refractivity contribution in [3.63, 3.8) is 0 Å². The summed E-state index contributed by atoms with van der Waals surface area (Å²) in [6.07, 6.45) is 3.95. The van der Waals surface area contributed by atoms with E-state index < -0.39 is 5.97 Å². The average Bonchev–Trinajstić information content (AvgIpc) is 2.71. The van der Waals surface area contributed by atoms with Crippen LogP contribution >= 0.6 is 0 Å². The van der Waals surface area contributed by atoms with E-state index >= 15 is 0 Å². The Bertz CT molecular complexity index is 584. The zero-order chi connectivity index (χ0) is 13.3. The Morgan fingerprint density at radius 1 is 1.44 bits per heavy atom. The molecule has 0 fully saturated rings. The van der Waals surface area contributed by atoms with Crippen molar-refractivity contribution in [3.8, 4) is 0 Å². The molecule has 0 unspecified atom stereocenters. The summed E-state index contributed by atoms with van der Waals surface area (Å²) in [6.45, 7) is 6.49. The summed E-state index contributed by atoms with van der Waals surface area (Å²) in [5.74, 6) is -0.917. The summed E-state index contributed by atoms with van der Waals surface area (Å²) >= 11 is 0. The molecule has 4 heteroatoms. The van der Waals surface area contributed by atoms with E-state index in [1.807, 2.05) is 6.07 Å². The third-order valence-electron chi connectivity index (χ3n) is 3.31. The largest absolute Gasteiger partial charge is 0.478 e. The van der Waals surface area contributed by atoms with Crippen molar-refractivity contribution in [2.24, 2.45) is 0 Å². The lowest BCUT2D eigenvalue weighted by Crippen LogP contribution is -2.25. The highest BCUT2D eigenvalue weighted by Gasteiger charge is 2.21. The van der Waals surface area contributed by atoms with Crippen LogP contribution in [-0.2, 0) is 5.54 Å². The third kappa shape index (κ3) is 2.10. The zero-order valence-electron chi connectivity index (χ0n) is 11.0. The Kier molecular flexibility index (Phi) is 3.11. The van der Waals surface area contributed by atoms with Gasteiger partial charge in [0.15, 0.2) is 0 Å². The molecule has 0 saturated heterocycles. The predicted octanol–water partition coefficient (Wildman–Crippen LogP) is 3.27. The number of rotatable bonds is 4. The molecule has 18 heavy (non-hydrogen) atoms. The summed E-state index contributed by atoms with van der Waals surface area (Å²) in [4.78, 5) is 15.2. The highest BCUT2D eigenvalue weighted by Crippen LogP contribution is 2.26. The second-order valence-corrected chi connectivity index (χ2v) is 5.19. The van der Waals surface area contributed by atoms with Crippen molar-refractivity contribution in [2.75, 3.05) is 0 Å². The second-order valence-electron chi connectivity index (χ2n) is 5.19. The van der Waals surface area contributed by atoms with Crippen LogP contribution in [0.25, 0.3) is 11.0 Å². The fourth-order valence-corrected chi connectivity index (χ4v) is 2.36. The van der Waals surface area contributed by atoms with Gasteiger partial charge in [-0.05, 0) is 38.5 Å². The molecule has 0 atom stereocenters. The van der Waals surface area contributed by atoms with Gasteiger partial charge >= 0.3 is 5.97 Å². The maximum absolute atomic E-state index is 10.9. The quantitative estimate of drug-likeness (QED) is 0.900. The van der Waals surface area contributed by atoms with E-state index in [1.54, 1.807) is 18.5 Å². The standard InChI is InChI=1S/C14H18N2O2/c1-4-7-14(2,3)16-9-15-11-8-10(13(17)18)5-6-12(11)16/h5-6,8-9H,4,7H2,1-3H3,(H,17,18). The molecule has 0 radical (unpaired) electrons. The number of imidazole rings is 1. The Labute approximate surface area is 106 Å². The first kappa shape index (κ1) is 12.6. The van der Waals surface area contributed by atoms with Crippen LogP contribution in [0.2, 0.25) is 0 Å². The summed E-state index contributed by atoms with van der Waals surface area (Å²) in [5.41, 5.74) is 1.99. The molecular formula is C14H18N2O2. The van der Waals surface area contributed by atoms with Crippen LogP contribution in [0.1, 0.15) is 44.0 Å². The van der Waals surface area contributed by atoms with Gasteiger partial charge in [-0.1, -0.05) is 13.3 Å². The molecule has 0 saturated carbocycles. The van der Waals surface area contributed by atoms with Crippen LogP contribution in [-0.4, -0.2) is 20.6 Å². The lowest BCUT2D eigenvalue weighted by atomic mass is 9.98. The molecule has 0 amide bonds. The summed E-state index contributed by atoms with van der Waals surface area (Å²) in [6, 6.07) is 5.09. The maximum atomic E-state index is 10.9. The van der Waals surface area contributed by atoms with Crippen LogP contribution in [0, 0.1) is 0 Å². The smallest absolute Gasteiger partial charge is 0.335 e. The molecule has 0 aliphatic carbocycles. The van der Waals surface area contributed by atoms with E-state index in [9.17, 15) is 4.79 Å². The Hall–Kier alpha value is -1.84. The van der Waals surface area contributed by atoms with Crippen LogP contribution in [0.3, 0.4) is 0 Å². The molecule has 1 aromatic heterocycles. The highest BCUT2D eigenvalue weighted by molar-refractivity contribution is 5.92. The van der Waals surface area contributed by atoms with Gasteiger partial charge in [0.2, 0.25) is 0 Å². The third-order valence-corrected chi connectivity index (χ3v) is 3.31. The van der Waals surface area contributed by atoms with Crippen molar-refractivity contribution < 1.29 is 9.90 Å². The van der Waals surface area contributed by atoms with Gasteiger partial charge in [0, 0.05) is 5.54 Å². The van der Waals surface area contributed by atoms with Crippen LogP contribution in [0.5, 0.6) is 0 Å². The molecule has 0 aliphatic rings. The minimum atomic E-state index is -0.917. The van der Waals surface area contributed by atoms with Gasteiger partial charge in [0.05, 0.1) is 22.9 Å². The fraction of sp³-hybridized carbons (Fsp3) is 0.429. The SMILES string of the molecule is CCCC(C)(C)n1cnc2cc(C(=O)O)ccc21. The first-order valence-corrected chi connectivity index (χ1v) is 6.16. The van der Waals surface area contributed by atoms with Gasteiger partial charge in [-0.3, -0.25) is 0 Å². The molecule has 1 aromatic carbocycles. The lowest BCUT2D eigenvalue weighted by Gasteiger charge is -2.26. The molecule has 0 aliphatic heterocycles. The van der Waals surface area contributed by atoms with Crippen LogP contribution < -0.4 is 0 Å². The molecule has 96 valence electrons. The van der Waals surface area contributed by atoms with E-state index in [0.29, 0.717) is 0 Å². The van der Waals surface area contributed by atoms with Gasteiger partial charge in [0.25, 0.3) is 0 Å². The fourth-order valence-electron chi connectivity index (χ4n) is 2.36. The van der Waals surface area contributed by atoms with Crippen molar-refractivity contribution >= 4 is 17.0 Å². The Balaban J connectivity index is 2.52. The van der Waals surface area contributed by atoms with E-state index in [0.717, 1.165) is 23.9 Å². The van der Waals surface area contributed by atoms with Gasteiger partial charge in [-0.25, -0.2) is 9.78 Å². The number of benzene rings is 1. The number of carboxylic acid groups (broad SMARTS) is 1. The van der Waals surface area contributed by atoms with Gasteiger partial charge in [-0.15, -0.1) is 0 Å². The van der Waals surface area contributed by atoms with Crippen LogP contribution in [0.4, 0.5) is 0 Å². The number of carboxylic acids is 1. The number of aromatic carboxylic acids is 1. The van der Waals surface area contributed by atoms with E-state index in [-0.39, 0.29) is 11.1 Å². The van der Waals surface area contributed by atoms with E-state index in [2.05, 4.69) is 30.3 Å². The highest BCUT2D eigenvalue weighted by atomic mass is 16.4. The zero-order valence-corrected chi connectivity index (χ0v) is 11.0. The molecule has 0 spiro atoms. The summed E-state index contributed by atoms with van der Waals surface area (Å²) < 4.78 is 2.12. The second kappa shape index (κ2) is 4.44. The lowest BCUT2D eigenvalue weighted by molar-refractivity contribution is 0.0697. The molecular weight excluding hydrogens is 228 g/mol. The normalized spacial score (nSPS) is 11.9. The topological polar surface area (TPSA) is 55.1 Å².